The zero-order chi connectivity index (χ0) is 37.9. The van der Waals surface area contributed by atoms with Gasteiger partial charge in [-0.15, -0.1) is 23.2 Å². The number of alkyl halides is 2. The Kier molecular flexibility index (Phi) is 29.4. The molecule has 4 rings (SSSR count). The molecule has 0 heterocycles. The second-order valence-electron chi connectivity index (χ2n) is 11.6. The van der Waals surface area contributed by atoms with E-state index in [0.717, 1.165) is 45.8 Å². The van der Waals surface area contributed by atoms with Crippen molar-refractivity contribution in [2.24, 2.45) is 5.73 Å². The Morgan fingerprint density at radius 2 is 0.808 bits per heavy atom. The maximum Gasteiger partial charge on any atom is 2.00 e. The molecule has 0 aliphatic heterocycles. The van der Waals surface area contributed by atoms with E-state index in [1.807, 2.05) is 37.5 Å². The van der Waals surface area contributed by atoms with Crippen LogP contribution < -0.4 is 32.5 Å². The first kappa shape index (κ1) is 50.2. The number of quaternary nitrogens is 1. The van der Waals surface area contributed by atoms with Gasteiger partial charge in [-0.3, -0.25) is 0 Å². The van der Waals surface area contributed by atoms with Crippen molar-refractivity contribution < 1.29 is 21.7 Å². The van der Waals surface area contributed by atoms with E-state index >= 15 is 0 Å². The standard InChI is InChI=1S/C24H20B.C6H14Cl2N2.2C5H11NS2.Co/c1-5-13-21(14-6-1)25(22-15-7-2-8-16-22,23-17-9-3-10-18-23)24-19-11-4-12-20-24;7-1-4-10(5-2-8)6-3-9;2*1-3-6(4-2)5(7)8;/h1-20H;1-6,9H2;2*3-4H2,1-2H3,(H,7,8);/q-1;;;;+2/p-1. The quantitative estimate of drug-likeness (QED) is 0.0827. The Hall–Kier alpha value is -1.83. The average Bonchev–Trinajstić information content (AvgIpc) is 3.16. The van der Waals surface area contributed by atoms with Gasteiger partial charge in [-0.05, 0) is 27.7 Å². The molecule has 0 unspecified atom stereocenters. The molecule has 3 N–H and O–H groups in total. The summed E-state index contributed by atoms with van der Waals surface area (Å²) in [5.74, 6) is 1.37. The summed E-state index contributed by atoms with van der Waals surface area (Å²) in [6.45, 7) is 15.5. The van der Waals surface area contributed by atoms with Gasteiger partial charge in [-0.2, -0.15) is 21.9 Å². The van der Waals surface area contributed by atoms with Crippen LogP contribution in [-0.2, 0) is 42.0 Å². The molecule has 0 spiro atoms. The van der Waals surface area contributed by atoms with Gasteiger partial charge in [0.1, 0.15) is 6.15 Å². The second-order valence-corrected chi connectivity index (χ2v) is 14.4. The fraction of sp³-hybridized carbons (Fsp3) is 0.350. The molecule has 4 aromatic rings. The van der Waals surface area contributed by atoms with Gasteiger partial charge in [0.05, 0.1) is 31.4 Å². The first-order valence-electron chi connectivity index (χ1n) is 17.7. The second kappa shape index (κ2) is 30.5. The van der Waals surface area contributed by atoms with Crippen molar-refractivity contribution in [3.05, 3.63) is 121 Å². The summed E-state index contributed by atoms with van der Waals surface area (Å²) in [5.41, 5.74) is 10.7. The Balaban J connectivity index is 0.000000800. The summed E-state index contributed by atoms with van der Waals surface area (Å²) < 4.78 is 1.16. The van der Waals surface area contributed by atoms with Crippen LogP contribution in [0.5, 0.6) is 0 Å². The predicted octanol–water partition coefficient (Wildman–Crippen LogP) is 4.69. The molecule has 0 saturated carbocycles. The first-order chi connectivity index (χ1) is 24.7. The zero-order valence-corrected chi connectivity index (χ0v) is 36.7. The van der Waals surface area contributed by atoms with E-state index in [4.69, 9.17) is 78.6 Å². The molecule has 1 radical (unpaired) electrons. The monoisotopic (exact) mass is 859 g/mol. The largest absolute Gasteiger partial charge is 2.00 e. The van der Waals surface area contributed by atoms with Crippen molar-refractivity contribution >= 4 is 110 Å². The average molecular weight is 861 g/mol. The molecule has 0 atom stereocenters. The third kappa shape index (κ3) is 17.1. The van der Waals surface area contributed by atoms with E-state index in [0.29, 0.717) is 26.9 Å². The number of hydrogen-bond acceptors (Lipinski definition) is 5. The number of nitrogens with one attached hydrogen (secondary N) is 1. The van der Waals surface area contributed by atoms with Crippen LogP contribution in [0.15, 0.2) is 121 Å². The minimum atomic E-state index is -1.22. The fourth-order valence-corrected chi connectivity index (χ4v) is 7.50. The summed E-state index contributed by atoms with van der Waals surface area (Å²) in [7, 11) is 0. The van der Waals surface area contributed by atoms with Gasteiger partial charge in [-0.25, -0.2) is 0 Å². The molecule has 0 bridgehead atoms. The molecule has 4 aromatic carbocycles. The smallest absolute Gasteiger partial charge is 0.411 e. The van der Waals surface area contributed by atoms with Gasteiger partial charge >= 0.3 is 16.8 Å². The van der Waals surface area contributed by atoms with Crippen LogP contribution in [0.1, 0.15) is 27.7 Å². The van der Waals surface area contributed by atoms with Gasteiger partial charge in [0.15, 0.2) is 0 Å². The Bertz CT molecular complexity index is 1260. The molecule has 52 heavy (non-hydrogen) atoms. The number of nitrogens with zero attached hydrogens (tertiary/aromatic N) is 2. The SMILES string of the molecule is CCN(CC)C(=S)[S-].CCN(CC)C(=S)[S-].NCC[NH+](CCCl)CCCl.[Co+2].c1ccc([B-](c2ccccc2)(c2ccccc2)c2ccccc2)cc1. The first-order valence-corrected chi connectivity index (χ1v) is 20.4. The van der Waals surface area contributed by atoms with Crippen molar-refractivity contribution in [1.29, 1.82) is 0 Å². The van der Waals surface area contributed by atoms with Gasteiger partial charge < -0.3 is 70.1 Å². The maximum atomic E-state index is 5.56. The molecule has 0 aliphatic rings. The number of nitrogens with two attached hydrogens (primary N) is 1. The summed E-state index contributed by atoms with van der Waals surface area (Å²) in [6.07, 6.45) is -1.22. The van der Waals surface area contributed by atoms with Crippen molar-refractivity contribution in [3.8, 4) is 0 Å². The van der Waals surface area contributed by atoms with Gasteiger partial charge in [-0.1, -0.05) is 130 Å². The van der Waals surface area contributed by atoms with Crippen LogP contribution in [-0.4, -0.2) is 88.7 Å². The molecule has 0 saturated heterocycles. The zero-order valence-electron chi connectivity index (χ0n) is 30.9. The normalized spacial score (nSPS) is 10.2. The number of rotatable bonds is 14. The summed E-state index contributed by atoms with van der Waals surface area (Å²) in [4.78, 5) is 5.32. The van der Waals surface area contributed by atoms with Crippen molar-refractivity contribution in [1.82, 2.24) is 9.80 Å². The number of thiocarbonyl (C=S) groups is 2. The Morgan fingerprint density at radius 3 is 0.962 bits per heavy atom. The topological polar surface area (TPSA) is 36.9 Å². The molecule has 0 amide bonds. The predicted molar refractivity (Wildman–Crippen MR) is 242 cm³/mol. The summed E-state index contributed by atoms with van der Waals surface area (Å²) >= 11 is 30.2. The van der Waals surface area contributed by atoms with E-state index < -0.39 is 6.15 Å². The molecule has 12 heteroatoms. The van der Waals surface area contributed by atoms with Crippen LogP contribution in [0.4, 0.5) is 0 Å². The Labute approximate surface area is 357 Å². The molecule has 285 valence electrons. The van der Waals surface area contributed by atoms with E-state index in [9.17, 15) is 0 Å². The van der Waals surface area contributed by atoms with Crippen LogP contribution in [0.2, 0.25) is 0 Å². The van der Waals surface area contributed by atoms with Crippen molar-refractivity contribution in [3.63, 3.8) is 0 Å². The van der Waals surface area contributed by atoms with E-state index in [2.05, 4.69) is 121 Å². The molecule has 0 fully saturated rings. The molecular formula is C40H55BCl2CoN4S4. The third-order valence-electron chi connectivity index (χ3n) is 8.64. The fourth-order valence-electron chi connectivity index (χ4n) is 5.93. The van der Waals surface area contributed by atoms with E-state index in [-0.39, 0.29) is 16.8 Å². The van der Waals surface area contributed by atoms with Crippen LogP contribution in [0, 0.1) is 0 Å². The number of hydrogen-bond donors (Lipinski definition) is 2. The molecule has 0 aliphatic carbocycles. The Morgan fingerprint density at radius 1 is 0.558 bits per heavy atom. The molecule has 4 nitrogen and oxygen atoms in total. The third-order valence-corrected chi connectivity index (χ3v) is 10.0. The van der Waals surface area contributed by atoms with Gasteiger partial charge in [0.25, 0.3) is 0 Å². The molecule has 0 aromatic heterocycles. The maximum absolute atomic E-state index is 5.56. The van der Waals surface area contributed by atoms with Crippen LogP contribution >= 0.6 is 47.6 Å². The van der Waals surface area contributed by atoms with Crippen LogP contribution in [0.3, 0.4) is 0 Å². The van der Waals surface area contributed by atoms with Gasteiger partial charge in [0, 0.05) is 32.7 Å². The van der Waals surface area contributed by atoms with Crippen molar-refractivity contribution in [2.75, 3.05) is 64.1 Å². The molecular weight excluding hydrogens is 805 g/mol. The number of benzene rings is 4. The summed E-state index contributed by atoms with van der Waals surface area (Å²) in [6, 6.07) is 43.5. The van der Waals surface area contributed by atoms with Crippen molar-refractivity contribution in [2.45, 2.75) is 27.7 Å². The van der Waals surface area contributed by atoms with E-state index in [1.165, 1.54) is 26.8 Å². The minimum Gasteiger partial charge on any atom is -0.411 e. The van der Waals surface area contributed by atoms with Crippen LogP contribution in [0.25, 0.3) is 0 Å². The number of halogens is 2. The summed E-state index contributed by atoms with van der Waals surface area (Å²) in [5, 5.41) is 0. The minimum absolute atomic E-state index is 0. The van der Waals surface area contributed by atoms with Gasteiger partial charge in [0.2, 0.25) is 0 Å². The van der Waals surface area contributed by atoms with E-state index in [1.54, 1.807) is 0 Å².